The molecule has 2 aromatic carbocycles. The zero-order valence-electron chi connectivity index (χ0n) is 16.5. The van der Waals surface area contributed by atoms with Crippen LogP contribution in [-0.2, 0) is 16.6 Å². The molecule has 0 bridgehead atoms. The Morgan fingerprint density at radius 1 is 1.29 bits per heavy atom. The molecular weight excluding hydrogens is 423 g/mol. The second-order valence-electron chi connectivity index (χ2n) is 7.49. The lowest BCUT2D eigenvalue weighted by atomic mass is 10.1. The van der Waals surface area contributed by atoms with Gasteiger partial charge in [-0.1, -0.05) is 17.3 Å². The second-order valence-corrected chi connectivity index (χ2v) is 9.38. The number of methoxy groups -OCH3 is 1. The summed E-state index contributed by atoms with van der Waals surface area (Å²) < 4.78 is 54.1. The maximum atomic E-state index is 13.1. The van der Waals surface area contributed by atoms with Crippen molar-refractivity contribution in [2.24, 2.45) is 0 Å². The van der Waals surface area contributed by atoms with E-state index < -0.39 is 15.3 Å². The third-order valence-electron chi connectivity index (χ3n) is 5.39. The molecule has 0 amide bonds. The molecule has 2 heterocycles. The third-order valence-corrected chi connectivity index (χ3v) is 7.19. The molecule has 1 aliphatic rings. The molecule has 1 N–H and O–H groups in total. The second kappa shape index (κ2) is 7.38. The van der Waals surface area contributed by atoms with E-state index in [1.165, 1.54) is 19.2 Å². The van der Waals surface area contributed by atoms with Crippen LogP contribution in [0.4, 0.5) is 10.2 Å². The number of aromatic nitrogens is 3. The first-order valence-electron chi connectivity index (χ1n) is 9.65. The van der Waals surface area contributed by atoms with Gasteiger partial charge < -0.3 is 9.26 Å². The number of anilines is 1. The molecule has 1 fully saturated rings. The highest BCUT2D eigenvalue weighted by molar-refractivity contribution is 7.93. The number of benzene rings is 2. The highest BCUT2D eigenvalue weighted by Crippen LogP contribution is 2.47. The summed E-state index contributed by atoms with van der Waals surface area (Å²) >= 11 is 0. The number of nitrogens with zero attached hydrogens (tertiary/aromatic N) is 3. The first-order valence-corrected chi connectivity index (χ1v) is 11.2. The van der Waals surface area contributed by atoms with Gasteiger partial charge in [-0.3, -0.25) is 9.40 Å². The smallest absolute Gasteiger partial charge is 0.237 e. The molecule has 0 saturated heterocycles. The van der Waals surface area contributed by atoms with Crippen molar-refractivity contribution < 1.29 is 22.1 Å². The van der Waals surface area contributed by atoms with Gasteiger partial charge in [0.25, 0.3) is 0 Å². The number of fused-ring (bicyclic) bond motifs is 1. The summed E-state index contributed by atoms with van der Waals surface area (Å²) in [4.78, 5) is 0. The molecule has 160 valence electrons. The van der Waals surface area contributed by atoms with Gasteiger partial charge in [-0.15, -0.1) is 0 Å². The van der Waals surface area contributed by atoms with Crippen molar-refractivity contribution in [1.29, 1.82) is 0 Å². The summed E-state index contributed by atoms with van der Waals surface area (Å²) in [5.74, 6) is 0.000544. The van der Waals surface area contributed by atoms with E-state index in [2.05, 4.69) is 15.0 Å². The first-order chi connectivity index (χ1) is 14.9. The van der Waals surface area contributed by atoms with Gasteiger partial charge in [-0.2, -0.15) is 5.10 Å². The molecule has 0 spiro atoms. The van der Waals surface area contributed by atoms with Crippen LogP contribution in [0.5, 0.6) is 5.75 Å². The van der Waals surface area contributed by atoms with Gasteiger partial charge in [-0.05, 0) is 47.9 Å². The molecule has 2 unspecified atom stereocenters. The Balaban J connectivity index is 1.40. The first kappa shape index (κ1) is 19.6. The number of nitrogens with one attached hydrogen (secondary N) is 1. The molecular formula is C21H19FN4O4S. The summed E-state index contributed by atoms with van der Waals surface area (Å²) in [6, 6.07) is 11.3. The van der Waals surface area contributed by atoms with Crippen LogP contribution in [-0.4, -0.2) is 35.7 Å². The Hall–Kier alpha value is -3.40. The van der Waals surface area contributed by atoms with Crippen molar-refractivity contribution in [3.8, 4) is 5.75 Å². The maximum absolute atomic E-state index is 13.1. The molecule has 10 heteroatoms. The van der Waals surface area contributed by atoms with Crippen LogP contribution in [0.25, 0.3) is 11.0 Å². The van der Waals surface area contributed by atoms with Crippen molar-refractivity contribution in [1.82, 2.24) is 14.9 Å². The minimum atomic E-state index is -3.72. The van der Waals surface area contributed by atoms with E-state index in [9.17, 15) is 12.8 Å². The van der Waals surface area contributed by atoms with E-state index in [-0.39, 0.29) is 17.6 Å². The average Bonchev–Trinajstić information content (AvgIpc) is 3.24. The van der Waals surface area contributed by atoms with Gasteiger partial charge in [0.1, 0.15) is 17.0 Å². The van der Waals surface area contributed by atoms with Crippen LogP contribution in [0.1, 0.15) is 23.5 Å². The molecule has 4 aromatic rings. The fourth-order valence-electron chi connectivity index (χ4n) is 3.78. The van der Waals surface area contributed by atoms with Gasteiger partial charge in [0.15, 0.2) is 11.4 Å². The van der Waals surface area contributed by atoms with Crippen LogP contribution in [0.15, 0.2) is 59.4 Å². The Morgan fingerprint density at radius 2 is 2.10 bits per heavy atom. The standard InChI is InChI=1S/C21H19FN4O4S/c1-29-17-9-13(12-26-8-2-7-23-26)10-18-20(17)21(24-30-18)25-31(27,28)19-11-16(19)14-3-5-15(22)6-4-14/h2-10,16,19H,11-12H2,1H3,(H,24,25). The van der Waals surface area contributed by atoms with E-state index >= 15 is 0 Å². The van der Waals surface area contributed by atoms with E-state index in [0.717, 1.165) is 11.1 Å². The fourth-order valence-corrected chi connectivity index (χ4v) is 5.39. The largest absolute Gasteiger partial charge is 0.496 e. The predicted molar refractivity (Wildman–Crippen MR) is 112 cm³/mol. The van der Waals surface area contributed by atoms with Gasteiger partial charge in [0.2, 0.25) is 10.0 Å². The SMILES string of the molecule is COc1cc(Cn2cccn2)cc2onc(NS(=O)(=O)C3CC3c3ccc(F)cc3)c12. The van der Waals surface area contributed by atoms with Crippen molar-refractivity contribution in [3.05, 3.63) is 71.8 Å². The quantitative estimate of drug-likeness (QED) is 0.470. The highest BCUT2D eigenvalue weighted by atomic mass is 32.2. The Morgan fingerprint density at radius 3 is 2.81 bits per heavy atom. The van der Waals surface area contributed by atoms with Crippen molar-refractivity contribution in [2.45, 2.75) is 24.1 Å². The number of hydrogen-bond donors (Lipinski definition) is 1. The molecule has 1 saturated carbocycles. The molecule has 2 atom stereocenters. The zero-order valence-corrected chi connectivity index (χ0v) is 17.3. The Bertz CT molecular complexity index is 1330. The zero-order chi connectivity index (χ0) is 21.6. The summed E-state index contributed by atoms with van der Waals surface area (Å²) in [6.45, 7) is 0.502. The van der Waals surface area contributed by atoms with E-state index in [0.29, 0.717) is 29.7 Å². The summed E-state index contributed by atoms with van der Waals surface area (Å²) in [5, 5.41) is 7.95. The van der Waals surface area contributed by atoms with Crippen LogP contribution in [0.3, 0.4) is 0 Å². The fraction of sp³-hybridized carbons (Fsp3) is 0.238. The monoisotopic (exact) mass is 442 g/mol. The Labute approximate surface area is 177 Å². The molecule has 0 aliphatic heterocycles. The summed E-state index contributed by atoms with van der Waals surface area (Å²) in [5.41, 5.74) is 2.07. The topological polar surface area (TPSA) is 99.2 Å². The third kappa shape index (κ3) is 3.74. The minimum Gasteiger partial charge on any atom is -0.496 e. The molecule has 5 rings (SSSR count). The average molecular weight is 442 g/mol. The van der Waals surface area contributed by atoms with Crippen molar-refractivity contribution >= 4 is 26.8 Å². The van der Waals surface area contributed by atoms with E-state index in [4.69, 9.17) is 9.26 Å². The lowest BCUT2D eigenvalue weighted by Crippen LogP contribution is -2.19. The lowest BCUT2D eigenvalue weighted by molar-refractivity contribution is 0.418. The number of sulfonamides is 1. The van der Waals surface area contributed by atoms with Gasteiger partial charge in [0.05, 0.1) is 18.9 Å². The van der Waals surface area contributed by atoms with Crippen molar-refractivity contribution in [3.63, 3.8) is 0 Å². The van der Waals surface area contributed by atoms with E-state index in [1.54, 1.807) is 35.1 Å². The lowest BCUT2D eigenvalue weighted by Gasteiger charge is -2.09. The highest BCUT2D eigenvalue weighted by Gasteiger charge is 2.48. The number of rotatable bonds is 7. The minimum absolute atomic E-state index is 0.0854. The van der Waals surface area contributed by atoms with Gasteiger partial charge in [0, 0.05) is 18.3 Å². The predicted octanol–water partition coefficient (Wildman–Crippen LogP) is 3.52. The molecule has 31 heavy (non-hydrogen) atoms. The van der Waals surface area contributed by atoms with Gasteiger partial charge in [-0.25, -0.2) is 12.8 Å². The van der Waals surface area contributed by atoms with Crippen LogP contribution < -0.4 is 9.46 Å². The molecule has 1 aliphatic carbocycles. The van der Waals surface area contributed by atoms with Crippen LogP contribution in [0.2, 0.25) is 0 Å². The number of ether oxygens (including phenoxy) is 1. The number of halogens is 1. The summed E-state index contributed by atoms with van der Waals surface area (Å²) in [6.07, 6.45) is 3.99. The number of hydrogen-bond acceptors (Lipinski definition) is 6. The molecule has 8 nitrogen and oxygen atoms in total. The molecule has 2 aromatic heterocycles. The van der Waals surface area contributed by atoms with Crippen molar-refractivity contribution in [2.75, 3.05) is 11.8 Å². The Kier molecular flexibility index (Phi) is 4.66. The summed E-state index contributed by atoms with van der Waals surface area (Å²) in [7, 11) is -2.22. The van der Waals surface area contributed by atoms with E-state index in [1.807, 2.05) is 12.3 Å². The van der Waals surface area contributed by atoms with Crippen LogP contribution in [0, 0.1) is 5.82 Å². The van der Waals surface area contributed by atoms with Gasteiger partial charge >= 0.3 is 0 Å². The molecule has 0 radical (unpaired) electrons. The normalized spacial score (nSPS) is 18.3. The maximum Gasteiger partial charge on any atom is 0.237 e. The van der Waals surface area contributed by atoms with Crippen LogP contribution >= 0.6 is 0 Å².